The third-order valence-corrected chi connectivity index (χ3v) is 5.92. The van der Waals surface area contributed by atoms with Crippen molar-refractivity contribution in [3.05, 3.63) is 23.7 Å². The number of nitrogens with one attached hydrogen (secondary N) is 2. The number of amides is 4. The van der Waals surface area contributed by atoms with Crippen LogP contribution in [0.3, 0.4) is 0 Å². The highest BCUT2D eigenvalue weighted by molar-refractivity contribution is 6.20. The molecule has 3 aliphatic heterocycles. The van der Waals surface area contributed by atoms with Gasteiger partial charge in [-0.2, -0.15) is 4.98 Å². The first kappa shape index (κ1) is 18.7. The second-order valence-electron chi connectivity index (χ2n) is 7.98. The molecule has 5 rings (SSSR count). The van der Waals surface area contributed by atoms with Gasteiger partial charge in [0.25, 0.3) is 0 Å². The van der Waals surface area contributed by atoms with Crippen molar-refractivity contribution in [3.8, 4) is 11.4 Å². The van der Waals surface area contributed by atoms with Crippen LogP contribution in [-0.2, 0) is 20.7 Å². The smallest absolute Gasteiger partial charge is 0.328 e. The van der Waals surface area contributed by atoms with Crippen molar-refractivity contribution in [2.24, 2.45) is 5.41 Å². The number of nitrogens with zero attached hydrogens (tertiary/aromatic N) is 4. The van der Waals surface area contributed by atoms with Crippen LogP contribution in [0.5, 0.6) is 0 Å². The first-order chi connectivity index (χ1) is 14.3. The lowest BCUT2D eigenvalue weighted by Gasteiger charge is -2.54. The fourth-order valence-corrected chi connectivity index (χ4v) is 4.84. The topological polar surface area (TPSA) is 140 Å². The van der Waals surface area contributed by atoms with Gasteiger partial charge in [0.2, 0.25) is 23.5 Å². The van der Waals surface area contributed by atoms with E-state index in [0.29, 0.717) is 35.2 Å². The van der Waals surface area contributed by atoms with Gasteiger partial charge < -0.3 is 14.2 Å². The largest absolute Gasteiger partial charge is 0.372 e. The van der Waals surface area contributed by atoms with Crippen LogP contribution in [0.15, 0.2) is 16.8 Å². The van der Waals surface area contributed by atoms with Gasteiger partial charge in [-0.3, -0.25) is 20.2 Å². The number of urea groups is 1. The van der Waals surface area contributed by atoms with Crippen molar-refractivity contribution in [3.63, 3.8) is 0 Å². The Labute approximate surface area is 171 Å². The summed E-state index contributed by atoms with van der Waals surface area (Å²) >= 11 is 0. The summed E-state index contributed by atoms with van der Waals surface area (Å²) in [6.45, 7) is 5.89. The van der Waals surface area contributed by atoms with Crippen molar-refractivity contribution in [1.29, 1.82) is 0 Å². The molecule has 30 heavy (non-hydrogen) atoms. The second-order valence-corrected chi connectivity index (χ2v) is 7.98. The normalized spacial score (nSPS) is 27.4. The molecule has 2 N–H and O–H groups in total. The van der Waals surface area contributed by atoms with Crippen LogP contribution in [0.4, 0.5) is 10.6 Å². The third kappa shape index (κ3) is 2.54. The number of aryl methyl sites for hydroxylation is 1. The van der Waals surface area contributed by atoms with Gasteiger partial charge >= 0.3 is 6.03 Å². The molecule has 5 heterocycles. The summed E-state index contributed by atoms with van der Waals surface area (Å²) in [5.74, 6) is 0.189. The van der Waals surface area contributed by atoms with Gasteiger partial charge in [0.15, 0.2) is 5.41 Å². The highest BCUT2D eigenvalue weighted by atomic mass is 16.5. The van der Waals surface area contributed by atoms with E-state index in [4.69, 9.17) is 9.26 Å². The molecule has 2 fully saturated rings. The summed E-state index contributed by atoms with van der Waals surface area (Å²) < 4.78 is 11.0. The van der Waals surface area contributed by atoms with E-state index in [1.54, 1.807) is 13.1 Å². The van der Waals surface area contributed by atoms with Crippen LogP contribution in [-0.4, -0.2) is 57.8 Å². The molecule has 3 aliphatic rings. The van der Waals surface area contributed by atoms with Gasteiger partial charge in [0.1, 0.15) is 5.82 Å². The quantitative estimate of drug-likeness (QED) is 0.634. The van der Waals surface area contributed by atoms with E-state index in [0.717, 1.165) is 0 Å². The molecular weight excluding hydrogens is 392 g/mol. The summed E-state index contributed by atoms with van der Waals surface area (Å²) in [5.41, 5.74) is -0.234. The standard InChI is InChI=1S/C19H20N6O5/c1-8-7-25-13(9(2)29-8)19(16(26)22-18(28)23-17(19)27)5-11-4-12(6-20-15(11)25)14-21-10(3)30-24-14/h4,6,8-9,13H,5,7H2,1-3H3,(H2,22,23,26,27,28)/t8-,9+,13-/m1/s1. The summed E-state index contributed by atoms with van der Waals surface area (Å²) in [6, 6.07) is 0.381. The Balaban J connectivity index is 1.68. The molecule has 0 aliphatic carbocycles. The van der Waals surface area contributed by atoms with E-state index in [9.17, 15) is 14.4 Å². The second kappa shape index (κ2) is 6.33. The monoisotopic (exact) mass is 412 g/mol. The molecule has 3 atom stereocenters. The highest BCUT2D eigenvalue weighted by Gasteiger charge is 2.63. The fourth-order valence-electron chi connectivity index (χ4n) is 4.84. The fraction of sp³-hybridized carbons (Fsp3) is 0.474. The van der Waals surface area contributed by atoms with Gasteiger partial charge in [-0.1, -0.05) is 5.16 Å². The zero-order chi connectivity index (χ0) is 21.2. The summed E-state index contributed by atoms with van der Waals surface area (Å²) in [7, 11) is 0. The van der Waals surface area contributed by atoms with E-state index < -0.39 is 35.4 Å². The lowest BCUT2D eigenvalue weighted by molar-refractivity contribution is -0.153. The Hall–Kier alpha value is -3.34. The number of imide groups is 2. The van der Waals surface area contributed by atoms with Crippen LogP contribution in [0.25, 0.3) is 11.4 Å². The zero-order valence-corrected chi connectivity index (χ0v) is 16.6. The van der Waals surface area contributed by atoms with E-state index >= 15 is 0 Å². The maximum Gasteiger partial charge on any atom is 0.328 e. The van der Waals surface area contributed by atoms with Crippen LogP contribution in [0.2, 0.25) is 0 Å². The van der Waals surface area contributed by atoms with Crippen LogP contribution in [0, 0.1) is 12.3 Å². The molecule has 156 valence electrons. The molecule has 1 spiro atoms. The van der Waals surface area contributed by atoms with Crippen molar-refractivity contribution in [2.45, 2.75) is 45.4 Å². The Bertz CT molecular complexity index is 1060. The van der Waals surface area contributed by atoms with Crippen LogP contribution >= 0.6 is 0 Å². The number of rotatable bonds is 1. The zero-order valence-electron chi connectivity index (χ0n) is 16.6. The minimum atomic E-state index is -1.53. The number of ether oxygens (including phenoxy) is 1. The Morgan fingerprint density at radius 3 is 2.60 bits per heavy atom. The Morgan fingerprint density at radius 2 is 1.93 bits per heavy atom. The predicted octanol–water partition coefficient (Wildman–Crippen LogP) is 0.331. The Morgan fingerprint density at radius 1 is 1.20 bits per heavy atom. The highest BCUT2D eigenvalue weighted by Crippen LogP contribution is 2.46. The molecular formula is C19H20N6O5. The van der Waals surface area contributed by atoms with Gasteiger partial charge in [0.05, 0.1) is 18.2 Å². The van der Waals surface area contributed by atoms with Crippen molar-refractivity contribution < 1.29 is 23.6 Å². The molecule has 11 nitrogen and oxygen atoms in total. The molecule has 0 radical (unpaired) electrons. The van der Waals surface area contributed by atoms with E-state index in [1.165, 1.54) is 0 Å². The van der Waals surface area contributed by atoms with Gasteiger partial charge in [-0.15, -0.1) is 0 Å². The van der Waals surface area contributed by atoms with Gasteiger partial charge in [-0.05, 0) is 25.5 Å². The number of fused-ring (bicyclic) bond motifs is 4. The molecule has 0 bridgehead atoms. The summed E-state index contributed by atoms with van der Waals surface area (Å²) in [4.78, 5) is 48.7. The third-order valence-electron chi connectivity index (χ3n) is 5.92. The molecule has 4 amide bonds. The predicted molar refractivity (Wildman–Crippen MR) is 101 cm³/mol. The number of carbonyl (C=O) groups excluding carboxylic acids is 3. The molecule has 0 unspecified atom stereocenters. The number of anilines is 1. The number of hydrogen-bond acceptors (Lipinski definition) is 9. The lowest BCUT2D eigenvalue weighted by Crippen LogP contribution is -2.75. The van der Waals surface area contributed by atoms with Gasteiger partial charge in [0, 0.05) is 31.6 Å². The molecule has 2 saturated heterocycles. The summed E-state index contributed by atoms with van der Waals surface area (Å²) in [6.07, 6.45) is 1.15. The molecule has 0 aromatic carbocycles. The van der Waals surface area contributed by atoms with Crippen LogP contribution < -0.4 is 15.5 Å². The SMILES string of the molecule is Cc1nc(-c2cnc3c(c2)CC2(C(=O)NC(=O)NC2=O)[C@H]2[C@H](C)O[C@H](C)CN32)no1. The minimum absolute atomic E-state index is 0.0637. The number of hydrogen-bond donors (Lipinski definition) is 2. The van der Waals surface area contributed by atoms with Crippen molar-refractivity contribution in [2.75, 3.05) is 11.4 Å². The lowest BCUT2D eigenvalue weighted by atomic mass is 9.67. The maximum absolute atomic E-state index is 13.1. The Kier molecular flexibility index (Phi) is 3.94. The minimum Gasteiger partial charge on any atom is -0.372 e. The van der Waals surface area contributed by atoms with E-state index in [-0.39, 0.29) is 12.5 Å². The van der Waals surface area contributed by atoms with Gasteiger partial charge in [-0.25, -0.2) is 9.78 Å². The number of carbonyl (C=O) groups is 3. The van der Waals surface area contributed by atoms with Crippen LogP contribution in [0.1, 0.15) is 25.3 Å². The molecule has 11 heteroatoms. The number of pyridine rings is 1. The molecule has 0 saturated carbocycles. The summed E-state index contributed by atoms with van der Waals surface area (Å²) in [5, 5.41) is 8.45. The average molecular weight is 412 g/mol. The molecule has 2 aromatic rings. The number of morpholine rings is 1. The maximum atomic E-state index is 13.1. The first-order valence-corrected chi connectivity index (χ1v) is 9.68. The van der Waals surface area contributed by atoms with E-state index in [1.807, 2.05) is 24.8 Å². The number of barbiturate groups is 1. The first-order valence-electron chi connectivity index (χ1n) is 9.68. The van der Waals surface area contributed by atoms with E-state index in [2.05, 4.69) is 25.8 Å². The average Bonchev–Trinajstić information content (AvgIpc) is 3.11. The molecule has 2 aromatic heterocycles. The number of aromatic nitrogens is 3. The van der Waals surface area contributed by atoms with Crippen molar-refractivity contribution in [1.82, 2.24) is 25.8 Å². The van der Waals surface area contributed by atoms with Crippen molar-refractivity contribution >= 4 is 23.7 Å².